The van der Waals surface area contributed by atoms with Crippen LogP contribution in [-0.2, 0) is 11.0 Å². The number of anilines is 1. The Bertz CT molecular complexity index is 1170. The van der Waals surface area contributed by atoms with Crippen LogP contribution in [0.15, 0.2) is 47.6 Å². The van der Waals surface area contributed by atoms with Crippen LogP contribution in [0.3, 0.4) is 0 Å². The van der Waals surface area contributed by atoms with Crippen molar-refractivity contribution in [2.24, 2.45) is 0 Å². The lowest BCUT2D eigenvalue weighted by molar-refractivity contribution is -0.141. The summed E-state index contributed by atoms with van der Waals surface area (Å²) in [6.45, 7) is 3.75. The minimum absolute atomic E-state index is 0.0516. The minimum atomic E-state index is -4.68. The zero-order valence-corrected chi connectivity index (χ0v) is 19.2. The zero-order valence-electron chi connectivity index (χ0n) is 18.4. The molecule has 0 aliphatic carbocycles. The Labute approximate surface area is 193 Å². The van der Waals surface area contributed by atoms with Gasteiger partial charge in [-0.15, -0.1) is 0 Å². The van der Waals surface area contributed by atoms with E-state index in [1.807, 2.05) is 32.0 Å². The Morgan fingerprint density at radius 3 is 2.39 bits per heavy atom. The highest BCUT2D eigenvalue weighted by atomic mass is 32.2. The number of amides is 1. The van der Waals surface area contributed by atoms with E-state index in [4.69, 9.17) is 9.47 Å². The van der Waals surface area contributed by atoms with Gasteiger partial charge in [0.1, 0.15) is 5.69 Å². The number of hydrogen-bond acceptors (Lipinski definition) is 6. The third-order valence-corrected chi connectivity index (χ3v) is 5.52. The first-order valence-corrected chi connectivity index (χ1v) is 10.8. The second kappa shape index (κ2) is 10.1. The summed E-state index contributed by atoms with van der Waals surface area (Å²) in [5.74, 6) is 0.260. The van der Waals surface area contributed by atoms with Gasteiger partial charge in [0.15, 0.2) is 16.7 Å². The predicted molar refractivity (Wildman–Crippen MR) is 121 cm³/mol. The number of nitrogens with zero attached hydrogens (tertiary/aromatic N) is 2. The van der Waals surface area contributed by atoms with Gasteiger partial charge in [0.25, 0.3) is 0 Å². The number of rotatable bonds is 7. The number of aromatic nitrogens is 2. The SMILES string of the molecule is COc1ccc(-c2cc(C(F)(F)F)nc(SCC(=O)Nc3cc(C)ccc3C)n2)cc1OC. The molecule has 0 atom stereocenters. The van der Waals surface area contributed by atoms with Crippen molar-refractivity contribution in [1.29, 1.82) is 0 Å². The molecule has 0 aliphatic heterocycles. The smallest absolute Gasteiger partial charge is 0.433 e. The summed E-state index contributed by atoms with van der Waals surface area (Å²) in [7, 11) is 2.89. The van der Waals surface area contributed by atoms with Crippen molar-refractivity contribution in [2.75, 3.05) is 25.3 Å². The van der Waals surface area contributed by atoms with Crippen molar-refractivity contribution in [3.8, 4) is 22.8 Å². The van der Waals surface area contributed by atoms with Gasteiger partial charge in [-0.25, -0.2) is 9.97 Å². The first kappa shape index (κ1) is 24.4. The first-order chi connectivity index (χ1) is 15.6. The average molecular weight is 478 g/mol. The Kier molecular flexibility index (Phi) is 7.47. The highest BCUT2D eigenvalue weighted by Gasteiger charge is 2.34. The Hall–Kier alpha value is -3.27. The van der Waals surface area contributed by atoms with Crippen LogP contribution in [0, 0.1) is 13.8 Å². The molecule has 0 saturated heterocycles. The largest absolute Gasteiger partial charge is 0.493 e. The second-order valence-corrected chi connectivity index (χ2v) is 8.09. The fraction of sp³-hybridized carbons (Fsp3) is 0.261. The van der Waals surface area contributed by atoms with Crippen LogP contribution in [0.25, 0.3) is 11.3 Å². The van der Waals surface area contributed by atoms with Gasteiger partial charge in [-0.2, -0.15) is 13.2 Å². The van der Waals surface area contributed by atoms with Crippen molar-refractivity contribution in [3.63, 3.8) is 0 Å². The molecule has 0 spiro atoms. The molecular formula is C23H22F3N3O3S. The molecule has 0 saturated carbocycles. The van der Waals surface area contributed by atoms with Crippen LogP contribution in [-0.4, -0.2) is 35.8 Å². The summed E-state index contributed by atoms with van der Waals surface area (Å²) in [6.07, 6.45) is -4.68. The summed E-state index contributed by atoms with van der Waals surface area (Å²) in [5, 5.41) is 2.61. The van der Waals surface area contributed by atoms with E-state index in [1.54, 1.807) is 12.1 Å². The average Bonchev–Trinajstić information content (AvgIpc) is 2.78. The molecule has 1 aromatic heterocycles. The highest BCUT2D eigenvalue weighted by Crippen LogP contribution is 2.35. The molecule has 33 heavy (non-hydrogen) atoms. The van der Waals surface area contributed by atoms with Gasteiger partial charge in [-0.05, 0) is 55.3 Å². The lowest BCUT2D eigenvalue weighted by Gasteiger charge is -2.13. The topological polar surface area (TPSA) is 73.3 Å². The number of methoxy groups -OCH3 is 2. The monoisotopic (exact) mass is 477 g/mol. The molecule has 0 unspecified atom stereocenters. The van der Waals surface area contributed by atoms with E-state index in [0.717, 1.165) is 29.0 Å². The quantitative estimate of drug-likeness (QED) is 0.357. The fourth-order valence-corrected chi connectivity index (χ4v) is 3.62. The maximum Gasteiger partial charge on any atom is 0.433 e. The van der Waals surface area contributed by atoms with Crippen molar-refractivity contribution < 1.29 is 27.4 Å². The Morgan fingerprint density at radius 2 is 1.73 bits per heavy atom. The number of halogens is 3. The third kappa shape index (κ3) is 6.16. The predicted octanol–water partition coefficient (Wildman–Crippen LogP) is 5.53. The normalized spacial score (nSPS) is 11.2. The van der Waals surface area contributed by atoms with Gasteiger partial charge in [-0.1, -0.05) is 23.9 Å². The lowest BCUT2D eigenvalue weighted by Crippen LogP contribution is -2.16. The number of aryl methyl sites for hydroxylation is 2. The maximum absolute atomic E-state index is 13.5. The number of benzene rings is 2. The maximum atomic E-state index is 13.5. The van der Waals surface area contributed by atoms with Gasteiger partial charge in [-0.3, -0.25) is 4.79 Å². The summed E-state index contributed by atoms with van der Waals surface area (Å²) < 4.78 is 50.8. The van der Waals surface area contributed by atoms with E-state index in [1.165, 1.54) is 20.3 Å². The second-order valence-electron chi connectivity index (χ2n) is 7.14. The molecule has 1 heterocycles. The molecule has 6 nitrogen and oxygen atoms in total. The number of carbonyl (C=O) groups is 1. The molecule has 2 aromatic carbocycles. The van der Waals surface area contributed by atoms with Crippen molar-refractivity contribution in [3.05, 3.63) is 59.3 Å². The number of nitrogens with one attached hydrogen (secondary N) is 1. The molecule has 10 heteroatoms. The van der Waals surface area contributed by atoms with E-state index in [-0.39, 0.29) is 22.5 Å². The third-order valence-electron chi connectivity index (χ3n) is 4.67. The number of carbonyl (C=O) groups excluding carboxylic acids is 1. The molecule has 0 aliphatic rings. The van der Waals surface area contributed by atoms with Crippen LogP contribution >= 0.6 is 11.8 Å². The molecule has 0 bridgehead atoms. The number of alkyl halides is 3. The van der Waals surface area contributed by atoms with E-state index in [9.17, 15) is 18.0 Å². The summed E-state index contributed by atoms with van der Waals surface area (Å²) in [4.78, 5) is 20.2. The number of thioether (sulfide) groups is 1. The fourth-order valence-electron chi connectivity index (χ4n) is 2.97. The molecule has 174 valence electrons. The van der Waals surface area contributed by atoms with Gasteiger partial charge < -0.3 is 14.8 Å². The van der Waals surface area contributed by atoms with Crippen LogP contribution < -0.4 is 14.8 Å². The summed E-state index contributed by atoms with van der Waals surface area (Å²) in [5.41, 5.74) is 1.85. The highest BCUT2D eigenvalue weighted by molar-refractivity contribution is 7.99. The molecular weight excluding hydrogens is 455 g/mol. The lowest BCUT2D eigenvalue weighted by atomic mass is 10.1. The summed E-state index contributed by atoms with van der Waals surface area (Å²) >= 11 is 0.824. The first-order valence-electron chi connectivity index (χ1n) is 9.79. The van der Waals surface area contributed by atoms with Crippen LogP contribution in [0.1, 0.15) is 16.8 Å². The Balaban J connectivity index is 1.86. The van der Waals surface area contributed by atoms with Crippen molar-refractivity contribution in [1.82, 2.24) is 9.97 Å². The van der Waals surface area contributed by atoms with E-state index in [2.05, 4.69) is 15.3 Å². The van der Waals surface area contributed by atoms with E-state index >= 15 is 0 Å². The molecule has 3 rings (SSSR count). The molecule has 0 radical (unpaired) electrons. The molecule has 1 amide bonds. The molecule has 3 aromatic rings. The van der Waals surface area contributed by atoms with E-state index < -0.39 is 11.9 Å². The zero-order chi connectivity index (χ0) is 24.2. The number of ether oxygens (including phenoxy) is 2. The van der Waals surface area contributed by atoms with Crippen LogP contribution in [0.4, 0.5) is 18.9 Å². The number of hydrogen-bond donors (Lipinski definition) is 1. The Morgan fingerprint density at radius 1 is 1.00 bits per heavy atom. The molecule has 0 fully saturated rings. The van der Waals surface area contributed by atoms with Crippen LogP contribution in [0.2, 0.25) is 0 Å². The van der Waals surface area contributed by atoms with Crippen molar-refractivity contribution >= 4 is 23.4 Å². The van der Waals surface area contributed by atoms with Crippen molar-refractivity contribution in [2.45, 2.75) is 25.2 Å². The van der Waals surface area contributed by atoms with Gasteiger partial charge in [0, 0.05) is 11.3 Å². The van der Waals surface area contributed by atoms with Gasteiger partial charge in [0.05, 0.1) is 25.7 Å². The van der Waals surface area contributed by atoms with E-state index in [0.29, 0.717) is 22.7 Å². The summed E-state index contributed by atoms with van der Waals surface area (Å²) in [6, 6.07) is 11.2. The standard InChI is InChI=1S/C23H22F3N3O3S/c1-13-5-6-14(2)16(9-13)27-21(30)12-33-22-28-17(11-20(29-22)23(24,25)26)15-7-8-18(31-3)19(10-15)32-4/h5-11H,12H2,1-4H3,(H,27,30). The molecule has 1 N–H and O–H groups in total. The minimum Gasteiger partial charge on any atom is -0.493 e. The van der Waals surface area contributed by atoms with Gasteiger partial charge >= 0.3 is 6.18 Å². The van der Waals surface area contributed by atoms with Crippen LogP contribution in [0.5, 0.6) is 11.5 Å². The van der Waals surface area contributed by atoms with Gasteiger partial charge in [0.2, 0.25) is 5.91 Å².